The first kappa shape index (κ1) is 49.2. The van der Waals surface area contributed by atoms with Crippen molar-refractivity contribution in [1.82, 2.24) is 5.32 Å². The average molecular weight is 778 g/mol. The van der Waals surface area contributed by atoms with Crippen LogP contribution in [0.15, 0.2) is 18.2 Å². The zero-order valence-electron chi connectivity index (χ0n) is 32.4. The van der Waals surface area contributed by atoms with Gasteiger partial charge in [-0.15, -0.1) is 0 Å². The molecule has 0 aliphatic carbocycles. The molecule has 0 heterocycles. The van der Waals surface area contributed by atoms with Crippen molar-refractivity contribution >= 4 is 18.3 Å². The third-order valence-electron chi connectivity index (χ3n) is 6.65. The molecule has 0 fully saturated rings. The van der Waals surface area contributed by atoms with Gasteiger partial charge in [0.1, 0.15) is 11.9 Å². The lowest BCUT2D eigenvalue weighted by Crippen LogP contribution is -2.34. The summed E-state index contributed by atoms with van der Waals surface area (Å²) < 4.78 is 65.2. The van der Waals surface area contributed by atoms with Gasteiger partial charge in [-0.1, -0.05) is 6.07 Å². The van der Waals surface area contributed by atoms with E-state index in [2.05, 4.69) is 5.32 Å². The van der Waals surface area contributed by atoms with E-state index >= 15 is 0 Å². The number of rotatable bonds is 38. The molecule has 0 spiro atoms. The molecule has 0 atom stereocenters. The van der Waals surface area contributed by atoms with Crippen LogP contribution in [0.4, 0.5) is 4.79 Å². The van der Waals surface area contributed by atoms with E-state index in [4.69, 9.17) is 56.8 Å². The second-order valence-electron chi connectivity index (χ2n) is 12.3. The topological polar surface area (TPSA) is 194 Å². The van der Waals surface area contributed by atoms with Gasteiger partial charge in [0.25, 0.3) is 0 Å². The molecule has 1 rings (SSSR count). The molecule has 312 valence electrons. The van der Waals surface area contributed by atoms with Crippen molar-refractivity contribution in [3.05, 3.63) is 34.9 Å². The lowest BCUT2D eigenvalue weighted by atomic mass is 10.0. The highest BCUT2D eigenvalue weighted by molar-refractivity contribution is 5.90. The van der Waals surface area contributed by atoms with Crippen molar-refractivity contribution in [3.63, 3.8) is 0 Å². The second kappa shape index (κ2) is 34.7. The number of nitrogens with one attached hydrogen (secondary N) is 1. The number of carboxylic acid groups (broad SMARTS) is 1. The normalized spacial score (nSPS) is 11.5. The molecule has 0 saturated heterocycles. The standard InChI is InChI=1S/C37H63NO16/c1-37(2,3)54-36(42)38-7-9-44-11-13-46-15-17-48-19-21-50-23-25-52-27-29-53-28-26-51-24-22-49-20-18-47-16-14-45-12-10-43-8-6-33-30-32(31-39)4-5-34(33)35(40)41/h4-5,30-31H,6-29H2,1-3H3,(H,38,42)(H,40,41). The van der Waals surface area contributed by atoms with Crippen LogP contribution in [0.2, 0.25) is 0 Å². The first-order valence-electron chi connectivity index (χ1n) is 18.4. The number of alkyl carbamates (subject to hydrolysis) is 1. The molecule has 0 unspecified atom stereocenters. The minimum atomic E-state index is -1.03. The smallest absolute Gasteiger partial charge is 0.407 e. The fourth-order valence-electron chi connectivity index (χ4n) is 4.13. The minimum Gasteiger partial charge on any atom is -0.478 e. The molecule has 1 aromatic carbocycles. The number of aromatic carboxylic acids is 1. The Morgan fingerprint density at radius 2 is 0.889 bits per heavy atom. The van der Waals surface area contributed by atoms with Gasteiger partial charge < -0.3 is 67.3 Å². The Balaban J connectivity index is 1.70. The highest BCUT2D eigenvalue weighted by Crippen LogP contribution is 2.12. The predicted molar refractivity (Wildman–Crippen MR) is 196 cm³/mol. The molecule has 0 aliphatic heterocycles. The number of ether oxygens (including phenoxy) is 12. The summed E-state index contributed by atoms with van der Waals surface area (Å²) in [5.41, 5.74) is 0.637. The Labute approximate surface area is 319 Å². The highest BCUT2D eigenvalue weighted by Gasteiger charge is 2.15. The van der Waals surface area contributed by atoms with E-state index in [9.17, 15) is 19.5 Å². The zero-order valence-corrected chi connectivity index (χ0v) is 32.4. The second-order valence-corrected chi connectivity index (χ2v) is 12.3. The van der Waals surface area contributed by atoms with E-state index < -0.39 is 17.7 Å². The van der Waals surface area contributed by atoms with E-state index in [1.165, 1.54) is 12.1 Å². The van der Waals surface area contributed by atoms with Crippen molar-refractivity contribution in [1.29, 1.82) is 0 Å². The fraction of sp³-hybridized carbons (Fsp3) is 0.757. The molecular formula is C37H63NO16. The molecule has 17 nitrogen and oxygen atoms in total. The van der Waals surface area contributed by atoms with Gasteiger partial charge in [0, 0.05) is 12.1 Å². The number of hydrogen-bond donors (Lipinski definition) is 2. The third-order valence-corrected chi connectivity index (χ3v) is 6.65. The molecule has 0 aliphatic rings. The van der Waals surface area contributed by atoms with Crippen LogP contribution in [0.5, 0.6) is 0 Å². The molecule has 17 heteroatoms. The molecular weight excluding hydrogens is 714 g/mol. The summed E-state index contributed by atoms with van der Waals surface area (Å²) in [5.74, 6) is -1.03. The Kier molecular flexibility index (Phi) is 31.6. The lowest BCUT2D eigenvalue weighted by Gasteiger charge is -2.19. The Bertz CT molecular complexity index is 1070. The van der Waals surface area contributed by atoms with Crippen LogP contribution in [0.1, 0.15) is 47.1 Å². The molecule has 0 aromatic heterocycles. The summed E-state index contributed by atoms with van der Waals surface area (Å²) >= 11 is 0. The highest BCUT2D eigenvalue weighted by atomic mass is 16.6. The SMILES string of the molecule is CC(C)(C)OC(=O)NCCOCCOCCOCCOCCOCCOCCOCCOCCOCCOCCOCCc1cc(C=O)ccc1C(=O)O. The van der Waals surface area contributed by atoms with Gasteiger partial charge in [0.15, 0.2) is 0 Å². The summed E-state index contributed by atoms with van der Waals surface area (Å²) in [4.78, 5) is 33.8. The van der Waals surface area contributed by atoms with E-state index in [0.29, 0.717) is 176 Å². The van der Waals surface area contributed by atoms with Gasteiger partial charge in [-0.2, -0.15) is 0 Å². The van der Waals surface area contributed by atoms with Crippen molar-refractivity contribution in [2.24, 2.45) is 0 Å². The van der Waals surface area contributed by atoms with Crippen LogP contribution in [0.25, 0.3) is 0 Å². The maximum atomic E-state index is 11.5. The van der Waals surface area contributed by atoms with Crippen LogP contribution in [0, 0.1) is 0 Å². The molecule has 2 N–H and O–H groups in total. The molecule has 0 bridgehead atoms. The van der Waals surface area contributed by atoms with Crippen molar-refractivity contribution < 1.29 is 76.3 Å². The number of carbonyl (C=O) groups excluding carboxylic acids is 2. The van der Waals surface area contributed by atoms with E-state index in [0.717, 1.165) is 0 Å². The van der Waals surface area contributed by atoms with Crippen LogP contribution < -0.4 is 5.32 Å². The van der Waals surface area contributed by atoms with Gasteiger partial charge >= 0.3 is 12.1 Å². The zero-order chi connectivity index (χ0) is 39.4. The van der Waals surface area contributed by atoms with Crippen molar-refractivity contribution in [3.8, 4) is 0 Å². The van der Waals surface area contributed by atoms with Gasteiger partial charge in [-0.25, -0.2) is 9.59 Å². The monoisotopic (exact) mass is 777 g/mol. The molecule has 1 aromatic rings. The largest absolute Gasteiger partial charge is 0.478 e. The summed E-state index contributed by atoms with van der Waals surface area (Å²) in [6, 6.07) is 4.48. The van der Waals surface area contributed by atoms with Crippen molar-refractivity contribution in [2.45, 2.75) is 32.8 Å². The summed E-state index contributed by atoms with van der Waals surface area (Å²) in [7, 11) is 0. The number of hydrogen-bond acceptors (Lipinski definition) is 15. The van der Waals surface area contributed by atoms with E-state index in [1.807, 2.05) is 20.8 Å². The van der Waals surface area contributed by atoms with Crippen LogP contribution in [0.3, 0.4) is 0 Å². The predicted octanol–water partition coefficient (Wildman–Crippen LogP) is 2.45. The minimum absolute atomic E-state index is 0.167. The van der Waals surface area contributed by atoms with Gasteiger partial charge in [0.2, 0.25) is 0 Å². The molecule has 1 amide bonds. The first-order chi connectivity index (χ1) is 26.2. The van der Waals surface area contributed by atoms with E-state index in [1.54, 1.807) is 6.07 Å². The van der Waals surface area contributed by atoms with Gasteiger partial charge in [-0.3, -0.25) is 4.79 Å². The van der Waals surface area contributed by atoms with E-state index in [-0.39, 0.29) is 5.56 Å². The third kappa shape index (κ3) is 31.5. The maximum Gasteiger partial charge on any atom is 0.407 e. The quantitative estimate of drug-likeness (QED) is 0.0734. The first-order valence-corrected chi connectivity index (χ1v) is 18.4. The molecule has 0 saturated carbocycles. The number of carbonyl (C=O) groups is 3. The van der Waals surface area contributed by atoms with Crippen LogP contribution in [-0.2, 0) is 63.3 Å². The van der Waals surface area contributed by atoms with Gasteiger partial charge in [0.05, 0.1) is 151 Å². The Morgan fingerprint density at radius 3 is 1.20 bits per heavy atom. The lowest BCUT2D eigenvalue weighted by molar-refractivity contribution is -0.0274. The number of carboxylic acids is 1. The number of amides is 1. The van der Waals surface area contributed by atoms with Crippen LogP contribution >= 0.6 is 0 Å². The Morgan fingerprint density at radius 1 is 0.556 bits per heavy atom. The molecule has 54 heavy (non-hydrogen) atoms. The molecule has 0 radical (unpaired) electrons. The fourth-order valence-corrected chi connectivity index (χ4v) is 4.13. The summed E-state index contributed by atoms with van der Waals surface area (Å²) in [6.07, 6.45) is 0.612. The average Bonchev–Trinajstić information content (AvgIpc) is 3.13. The summed E-state index contributed by atoms with van der Waals surface area (Å²) in [5, 5.41) is 11.9. The Hall–Kier alpha value is -2.81. The number of aldehydes is 1. The summed E-state index contributed by atoms with van der Waals surface area (Å²) in [6.45, 7) is 15.5. The maximum absolute atomic E-state index is 11.5. The van der Waals surface area contributed by atoms with Gasteiger partial charge in [-0.05, 0) is 44.9 Å². The van der Waals surface area contributed by atoms with Crippen molar-refractivity contribution in [2.75, 3.05) is 152 Å². The number of benzene rings is 1. The van der Waals surface area contributed by atoms with Crippen LogP contribution in [-0.4, -0.2) is 181 Å².